The Hall–Kier alpha value is -4.76. The second-order valence-electron chi connectivity index (χ2n) is 8.63. The Bertz CT molecular complexity index is 1660. The van der Waals surface area contributed by atoms with Gasteiger partial charge >= 0.3 is 6.03 Å². The van der Waals surface area contributed by atoms with Crippen molar-refractivity contribution < 1.29 is 23.6 Å². The average Bonchev–Trinajstić information content (AvgIpc) is 3.22. The fourth-order valence-electron chi connectivity index (χ4n) is 4.28. The van der Waals surface area contributed by atoms with Gasteiger partial charge in [0.2, 0.25) is 5.91 Å². The van der Waals surface area contributed by atoms with Gasteiger partial charge in [0, 0.05) is 33.4 Å². The van der Waals surface area contributed by atoms with E-state index in [0.717, 1.165) is 4.90 Å². The highest BCUT2D eigenvalue weighted by Crippen LogP contribution is 2.30. The number of fused-ring (bicyclic) bond motifs is 1. The summed E-state index contributed by atoms with van der Waals surface area (Å²) >= 11 is 6.19. The van der Waals surface area contributed by atoms with Crippen molar-refractivity contribution in [2.75, 3.05) is 10.2 Å². The molecule has 1 aliphatic rings. The quantitative estimate of drug-likeness (QED) is 0.278. The number of benzene rings is 3. The minimum atomic E-state index is -0.873. The molecule has 1 fully saturated rings. The Morgan fingerprint density at radius 3 is 2.53 bits per heavy atom. The van der Waals surface area contributed by atoms with Crippen molar-refractivity contribution in [1.29, 1.82) is 0 Å². The summed E-state index contributed by atoms with van der Waals surface area (Å²) < 4.78 is 14.8. The number of nitrogens with one attached hydrogen (secondary N) is 2. The van der Waals surface area contributed by atoms with E-state index >= 15 is 0 Å². The summed E-state index contributed by atoms with van der Waals surface area (Å²) in [6.45, 7) is 1.59. The highest BCUT2D eigenvalue weighted by atomic mass is 35.5. The number of hydrogen-bond acceptors (Lipinski definition) is 4. The van der Waals surface area contributed by atoms with Crippen molar-refractivity contribution in [3.8, 4) is 0 Å². The number of anilines is 2. The maximum Gasteiger partial charge on any atom is 0.335 e. The molecule has 0 aliphatic carbocycles. The van der Waals surface area contributed by atoms with Crippen LogP contribution in [0.2, 0.25) is 5.02 Å². The summed E-state index contributed by atoms with van der Waals surface area (Å²) in [6, 6.07) is 16.5. The number of aromatic nitrogens is 1. The zero-order valence-electron chi connectivity index (χ0n) is 20.0. The van der Waals surface area contributed by atoms with Crippen LogP contribution < -0.4 is 15.5 Å². The molecule has 1 aromatic heterocycles. The molecule has 0 radical (unpaired) electrons. The number of carbonyl (C=O) groups is 4. The molecule has 0 atom stereocenters. The molecule has 2 heterocycles. The normalized spacial score (nSPS) is 14.8. The van der Waals surface area contributed by atoms with Crippen LogP contribution in [0.5, 0.6) is 0 Å². The monoisotopic (exact) mass is 530 g/mol. The van der Waals surface area contributed by atoms with Crippen molar-refractivity contribution in [3.63, 3.8) is 0 Å². The third-order valence-electron chi connectivity index (χ3n) is 6.14. The zero-order valence-corrected chi connectivity index (χ0v) is 20.8. The summed E-state index contributed by atoms with van der Waals surface area (Å²) in [6.07, 6.45) is 3.04. The number of barbiturate groups is 1. The standard InChI is InChI=1S/C28H20ClFN4O4/c1-16-22(29)6-4-8-23(16)34-27(37)21(26(36)32-28(34)38)13-17-14-33(24-7-3-2-5-20(17)24)15-25(35)31-19-11-9-18(30)10-12-19/h2-14H,15H2,1H3,(H,31,35)(H,32,36,38)/b21-13+. The third kappa shape index (κ3) is 4.67. The van der Waals surface area contributed by atoms with E-state index in [1.54, 1.807) is 60.2 Å². The van der Waals surface area contributed by atoms with Crippen LogP contribution in [0, 0.1) is 12.7 Å². The van der Waals surface area contributed by atoms with Gasteiger partial charge in [-0.2, -0.15) is 0 Å². The van der Waals surface area contributed by atoms with E-state index in [4.69, 9.17) is 11.6 Å². The average molecular weight is 531 g/mol. The van der Waals surface area contributed by atoms with E-state index in [0.29, 0.717) is 32.7 Å². The number of rotatable bonds is 5. The fourth-order valence-corrected chi connectivity index (χ4v) is 4.45. The van der Waals surface area contributed by atoms with Crippen LogP contribution >= 0.6 is 11.6 Å². The second-order valence-corrected chi connectivity index (χ2v) is 9.03. The lowest BCUT2D eigenvalue weighted by molar-refractivity contribution is -0.122. The second kappa shape index (κ2) is 9.95. The number of halogens is 2. The van der Waals surface area contributed by atoms with Crippen LogP contribution in [0.1, 0.15) is 11.1 Å². The molecule has 0 saturated carbocycles. The third-order valence-corrected chi connectivity index (χ3v) is 6.55. The van der Waals surface area contributed by atoms with E-state index in [1.165, 1.54) is 30.3 Å². The first kappa shape index (κ1) is 24.9. The van der Waals surface area contributed by atoms with Crippen LogP contribution in [-0.2, 0) is 20.9 Å². The fraction of sp³-hybridized carbons (Fsp3) is 0.0714. The summed E-state index contributed by atoms with van der Waals surface area (Å²) in [5.41, 5.74) is 2.17. The molecule has 2 N–H and O–H groups in total. The summed E-state index contributed by atoms with van der Waals surface area (Å²) in [5, 5.41) is 5.98. The maximum atomic E-state index is 13.4. The molecule has 190 valence electrons. The van der Waals surface area contributed by atoms with Gasteiger partial charge < -0.3 is 9.88 Å². The molecule has 1 aliphatic heterocycles. The molecule has 8 nitrogen and oxygen atoms in total. The number of imide groups is 2. The van der Waals surface area contributed by atoms with Crippen LogP contribution in [0.4, 0.5) is 20.6 Å². The number of para-hydroxylation sites is 1. The number of urea groups is 1. The largest absolute Gasteiger partial charge is 0.337 e. The minimum Gasteiger partial charge on any atom is -0.337 e. The molecule has 1 saturated heterocycles. The van der Waals surface area contributed by atoms with Crippen LogP contribution in [0.15, 0.2) is 78.5 Å². The molecule has 3 aromatic carbocycles. The van der Waals surface area contributed by atoms with E-state index in [-0.39, 0.29) is 23.7 Å². The molecule has 0 spiro atoms. The molecular weight excluding hydrogens is 511 g/mol. The molecule has 4 aromatic rings. The first-order valence-electron chi connectivity index (χ1n) is 11.5. The first-order chi connectivity index (χ1) is 18.2. The van der Waals surface area contributed by atoms with Crippen molar-refractivity contribution >= 4 is 63.7 Å². The predicted octanol–water partition coefficient (Wildman–Crippen LogP) is 5.05. The van der Waals surface area contributed by atoms with Gasteiger partial charge in [-0.15, -0.1) is 0 Å². The van der Waals surface area contributed by atoms with Crippen LogP contribution in [0.25, 0.3) is 17.0 Å². The number of hydrogen-bond donors (Lipinski definition) is 2. The summed E-state index contributed by atoms with van der Waals surface area (Å²) in [4.78, 5) is 52.3. The predicted molar refractivity (Wildman–Crippen MR) is 142 cm³/mol. The lowest BCUT2D eigenvalue weighted by Crippen LogP contribution is -2.54. The lowest BCUT2D eigenvalue weighted by atomic mass is 10.1. The number of amides is 5. The maximum absolute atomic E-state index is 13.4. The topological polar surface area (TPSA) is 101 Å². The zero-order chi connectivity index (χ0) is 27.0. The Balaban J connectivity index is 1.49. The first-order valence-corrected chi connectivity index (χ1v) is 11.9. The van der Waals surface area contributed by atoms with Gasteiger partial charge in [0.1, 0.15) is 17.9 Å². The molecule has 38 heavy (non-hydrogen) atoms. The molecular formula is C28H20ClFN4O4. The smallest absolute Gasteiger partial charge is 0.335 e. The molecule has 5 amide bonds. The minimum absolute atomic E-state index is 0.0759. The highest BCUT2D eigenvalue weighted by Gasteiger charge is 2.37. The van der Waals surface area contributed by atoms with Crippen molar-refractivity contribution in [2.24, 2.45) is 0 Å². The van der Waals surface area contributed by atoms with Gasteiger partial charge in [0.15, 0.2) is 0 Å². The molecule has 10 heteroatoms. The van der Waals surface area contributed by atoms with Gasteiger partial charge in [-0.05, 0) is 61.0 Å². The van der Waals surface area contributed by atoms with E-state index < -0.39 is 23.7 Å². The SMILES string of the molecule is Cc1c(Cl)cccc1N1C(=O)NC(=O)/C(=C\c2cn(CC(=O)Nc3ccc(F)cc3)c3ccccc23)C1=O. The Morgan fingerprint density at radius 2 is 1.76 bits per heavy atom. The van der Waals surface area contributed by atoms with Crippen LogP contribution in [0.3, 0.4) is 0 Å². The van der Waals surface area contributed by atoms with Crippen molar-refractivity contribution in [2.45, 2.75) is 13.5 Å². The summed E-state index contributed by atoms with van der Waals surface area (Å²) in [7, 11) is 0. The number of nitrogens with zero attached hydrogens (tertiary/aromatic N) is 2. The molecule has 5 rings (SSSR count). The number of carbonyl (C=O) groups excluding carboxylic acids is 4. The van der Waals surface area contributed by atoms with E-state index in [9.17, 15) is 23.6 Å². The lowest BCUT2D eigenvalue weighted by Gasteiger charge is -2.27. The van der Waals surface area contributed by atoms with Gasteiger partial charge in [-0.1, -0.05) is 35.9 Å². The van der Waals surface area contributed by atoms with Gasteiger partial charge in [-0.25, -0.2) is 14.1 Å². The van der Waals surface area contributed by atoms with E-state index in [2.05, 4.69) is 10.6 Å². The Kier molecular flexibility index (Phi) is 6.52. The van der Waals surface area contributed by atoms with Gasteiger partial charge in [0.05, 0.1) is 5.69 Å². The summed E-state index contributed by atoms with van der Waals surface area (Å²) in [5.74, 6) is -2.39. The van der Waals surface area contributed by atoms with E-state index in [1.807, 2.05) is 0 Å². The Morgan fingerprint density at radius 1 is 1.03 bits per heavy atom. The van der Waals surface area contributed by atoms with Gasteiger partial charge in [0.25, 0.3) is 11.8 Å². The Labute approximate surface area is 221 Å². The van der Waals surface area contributed by atoms with Crippen molar-refractivity contribution in [3.05, 3.63) is 100 Å². The molecule has 0 bridgehead atoms. The highest BCUT2D eigenvalue weighted by molar-refractivity contribution is 6.40. The molecule has 0 unspecified atom stereocenters. The van der Waals surface area contributed by atoms with Gasteiger partial charge in [-0.3, -0.25) is 19.7 Å². The van der Waals surface area contributed by atoms with Crippen molar-refractivity contribution in [1.82, 2.24) is 9.88 Å². The van der Waals surface area contributed by atoms with Crippen LogP contribution in [-0.4, -0.2) is 28.3 Å².